The van der Waals surface area contributed by atoms with Crippen LogP contribution < -0.4 is 0 Å². The maximum Gasteiger partial charge on any atom is 0.193 e. The predicted molar refractivity (Wildman–Crippen MR) is 160 cm³/mol. The van der Waals surface area contributed by atoms with Gasteiger partial charge in [0.2, 0.25) is 0 Å². The molecule has 4 fully saturated rings. The fourth-order valence-electron chi connectivity index (χ4n) is 9.17. The summed E-state index contributed by atoms with van der Waals surface area (Å²) in [5.41, 5.74) is -4.76. The highest BCUT2D eigenvalue weighted by Gasteiger charge is 2.80. The molecule has 4 aliphatic carbocycles. The molecule has 0 bridgehead atoms. The van der Waals surface area contributed by atoms with Gasteiger partial charge in [-0.25, -0.2) is 8.78 Å². The van der Waals surface area contributed by atoms with Gasteiger partial charge in [-0.2, -0.15) is 0 Å². The summed E-state index contributed by atoms with van der Waals surface area (Å²) < 4.78 is 46.3. The summed E-state index contributed by atoms with van der Waals surface area (Å²) in [5, 5.41) is 21.8. The first-order valence-electron chi connectivity index (χ1n) is 15.2. The fourth-order valence-corrected chi connectivity index (χ4v) is 10.0. The molecule has 0 aromatic heterocycles. The van der Waals surface area contributed by atoms with Gasteiger partial charge in [0, 0.05) is 33.0 Å². The molecule has 6 nitrogen and oxygen atoms in total. The van der Waals surface area contributed by atoms with Crippen LogP contribution in [0.1, 0.15) is 50.5 Å². The molecule has 3 saturated carbocycles. The van der Waals surface area contributed by atoms with Crippen LogP contribution in [0.15, 0.2) is 83.3 Å². The van der Waals surface area contributed by atoms with Gasteiger partial charge in [0.15, 0.2) is 29.1 Å². The number of ketones is 2. The van der Waals surface area contributed by atoms with Crippen LogP contribution in [0.5, 0.6) is 0 Å². The predicted octanol–water partition coefficient (Wildman–Crippen LogP) is 5.62. The molecule has 0 unspecified atom stereocenters. The smallest absolute Gasteiger partial charge is 0.193 e. The van der Waals surface area contributed by atoms with Crippen LogP contribution in [0.2, 0.25) is 0 Å². The molecule has 44 heavy (non-hydrogen) atoms. The first-order chi connectivity index (χ1) is 21.0. The second kappa shape index (κ2) is 10.4. The minimum atomic E-state index is -2.28. The highest BCUT2D eigenvalue weighted by Crippen LogP contribution is 2.72. The molecule has 5 aliphatic rings. The van der Waals surface area contributed by atoms with Crippen molar-refractivity contribution in [2.45, 2.75) is 79.7 Å². The van der Waals surface area contributed by atoms with E-state index in [1.165, 1.54) is 12.2 Å². The van der Waals surface area contributed by atoms with Gasteiger partial charge >= 0.3 is 0 Å². The van der Waals surface area contributed by atoms with Gasteiger partial charge in [0.25, 0.3) is 0 Å². The van der Waals surface area contributed by atoms with Crippen LogP contribution in [0.4, 0.5) is 8.78 Å². The van der Waals surface area contributed by atoms with Crippen LogP contribution >= 0.6 is 11.8 Å². The fraction of sp³-hybridized carbons (Fsp3) is 0.486. The molecule has 2 N–H and O–H groups in total. The summed E-state index contributed by atoms with van der Waals surface area (Å²) in [4.78, 5) is 27.0. The second-order valence-electron chi connectivity index (χ2n) is 13.3. The average Bonchev–Trinajstić information content (AvgIpc) is 3.52. The van der Waals surface area contributed by atoms with E-state index in [0.29, 0.717) is 5.56 Å². The zero-order valence-electron chi connectivity index (χ0n) is 24.6. The summed E-state index contributed by atoms with van der Waals surface area (Å²) in [6.07, 6.45) is -1.29. The lowest BCUT2D eigenvalue weighted by Crippen LogP contribution is -2.70. The number of thioether (sulfide) groups is 1. The lowest BCUT2D eigenvalue weighted by molar-refractivity contribution is -0.235. The molecular formula is C35H36F2O6S. The van der Waals surface area contributed by atoms with Gasteiger partial charge in [0.05, 0.1) is 12.2 Å². The third-order valence-electron chi connectivity index (χ3n) is 11.3. The molecule has 7 rings (SSSR count). The molecule has 1 aliphatic heterocycles. The van der Waals surface area contributed by atoms with Crippen molar-refractivity contribution >= 4 is 23.3 Å². The zero-order chi connectivity index (χ0) is 31.1. The Morgan fingerprint density at radius 3 is 2.50 bits per heavy atom. The number of benzene rings is 2. The summed E-state index contributed by atoms with van der Waals surface area (Å²) in [5.74, 6) is -1.79. The molecule has 2 aromatic rings. The van der Waals surface area contributed by atoms with Gasteiger partial charge in [-0.05, 0) is 67.5 Å². The Hall–Kier alpha value is -2.69. The number of rotatable bonds is 6. The Kier molecular flexibility index (Phi) is 7.10. The van der Waals surface area contributed by atoms with Crippen LogP contribution in [0.25, 0.3) is 0 Å². The SMILES string of the molecule is C[C@]12C=CC(=O)C=C1[C@@H](F)C[C@H]1[C@@H]3C[C@H]4O[C@@H](c5ccc(CSc6ccccc6)cc5)O[C@@]4(C(=O)CO)[C@@]3(C)C[C@H](O)[C@@]12F. The van der Waals surface area contributed by atoms with E-state index >= 15 is 8.78 Å². The number of Topliss-reactive ketones (excluding diaryl/α,β-unsaturated/α-hetero) is 1. The number of hydrogen-bond donors (Lipinski definition) is 2. The minimum absolute atomic E-state index is 0.0453. The van der Waals surface area contributed by atoms with Gasteiger partial charge in [0.1, 0.15) is 12.8 Å². The van der Waals surface area contributed by atoms with E-state index in [1.807, 2.05) is 42.5 Å². The minimum Gasteiger partial charge on any atom is -0.390 e. The molecule has 0 amide bonds. The van der Waals surface area contributed by atoms with Crippen molar-refractivity contribution in [1.29, 1.82) is 0 Å². The molecular weight excluding hydrogens is 586 g/mol. The van der Waals surface area contributed by atoms with E-state index in [-0.39, 0.29) is 24.8 Å². The van der Waals surface area contributed by atoms with Crippen molar-refractivity contribution in [3.63, 3.8) is 0 Å². The molecule has 1 saturated heterocycles. The second-order valence-corrected chi connectivity index (χ2v) is 14.4. The van der Waals surface area contributed by atoms with Crippen molar-refractivity contribution in [2.75, 3.05) is 6.61 Å². The van der Waals surface area contributed by atoms with Gasteiger partial charge in [-0.15, -0.1) is 11.8 Å². The molecule has 10 atom stereocenters. The Morgan fingerprint density at radius 2 is 1.80 bits per heavy atom. The zero-order valence-corrected chi connectivity index (χ0v) is 25.4. The van der Waals surface area contributed by atoms with Crippen molar-refractivity contribution in [3.8, 4) is 0 Å². The topological polar surface area (TPSA) is 93.1 Å². The number of carbonyl (C=O) groups is 2. The van der Waals surface area contributed by atoms with Crippen molar-refractivity contribution in [2.24, 2.45) is 22.7 Å². The third kappa shape index (κ3) is 3.99. The quantitative estimate of drug-likeness (QED) is 0.404. The summed E-state index contributed by atoms with van der Waals surface area (Å²) in [6.45, 7) is 2.51. The number of aliphatic hydroxyl groups excluding tert-OH is 2. The van der Waals surface area contributed by atoms with Gasteiger partial charge < -0.3 is 19.7 Å². The number of carbonyl (C=O) groups excluding carboxylic acids is 2. The van der Waals surface area contributed by atoms with E-state index in [4.69, 9.17) is 9.47 Å². The van der Waals surface area contributed by atoms with Crippen molar-refractivity contribution in [1.82, 2.24) is 0 Å². The van der Waals surface area contributed by atoms with Gasteiger partial charge in [-0.1, -0.05) is 55.5 Å². The number of allylic oxidation sites excluding steroid dienone is 4. The highest BCUT2D eigenvalue weighted by atomic mass is 32.2. The Labute approximate surface area is 259 Å². The van der Waals surface area contributed by atoms with Crippen molar-refractivity contribution in [3.05, 3.63) is 89.5 Å². The number of ether oxygens (including phenoxy) is 2. The normalized spacial score (nSPS) is 42.2. The summed E-state index contributed by atoms with van der Waals surface area (Å²) >= 11 is 1.72. The number of hydrogen-bond acceptors (Lipinski definition) is 7. The lowest BCUT2D eigenvalue weighted by atomic mass is 9.44. The molecule has 0 spiro atoms. The molecule has 0 radical (unpaired) electrons. The molecule has 9 heteroatoms. The number of aliphatic hydroxyl groups is 2. The largest absolute Gasteiger partial charge is 0.390 e. The highest BCUT2D eigenvalue weighted by molar-refractivity contribution is 7.98. The number of alkyl halides is 2. The van der Waals surface area contributed by atoms with Crippen LogP contribution in [-0.4, -0.2) is 58.0 Å². The van der Waals surface area contributed by atoms with Crippen LogP contribution in [0.3, 0.4) is 0 Å². The van der Waals surface area contributed by atoms with E-state index in [9.17, 15) is 19.8 Å². The monoisotopic (exact) mass is 622 g/mol. The van der Waals surface area contributed by atoms with Crippen LogP contribution in [0, 0.1) is 22.7 Å². The van der Waals surface area contributed by atoms with Gasteiger partial charge in [-0.3, -0.25) is 9.59 Å². The maximum absolute atomic E-state index is 17.5. The van der Waals surface area contributed by atoms with Crippen molar-refractivity contribution < 1.29 is 38.1 Å². The van der Waals surface area contributed by atoms with E-state index in [0.717, 1.165) is 22.3 Å². The summed E-state index contributed by atoms with van der Waals surface area (Å²) in [6, 6.07) is 17.8. The van der Waals surface area contributed by atoms with E-state index < -0.39 is 76.8 Å². The first-order valence-corrected chi connectivity index (χ1v) is 16.2. The average molecular weight is 623 g/mol. The molecule has 2 aromatic carbocycles. The van der Waals surface area contributed by atoms with E-state index in [1.54, 1.807) is 25.6 Å². The third-order valence-corrected chi connectivity index (χ3v) is 12.4. The first kappa shape index (κ1) is 30.0. The lowest BCUT2D eigenvalue weighted by Gasteiger charge is -2.63. The van der Waals surface area contributed by atoms with E-state index in [2.05, 4.69) is 12.1 Å². The molecule has 1 heterocycles. The Balaban J connectivity index is 1.19. The Bertz CT molecular complexity index is 1550. The number of fused-ring (bicyclic) bond motifs is 7. The number of halogens is 2. The Morgan fingerprint density at radius 1 is 1.07 bits per heavy atom. The molecule has 232 valence electrons. The standard InChI is InChI=1S/C35H36F2O6S/c1-32-13-12-22(39)14-26(32)27(36)15-25-24-16-30-35(29(41)18-38,33(24,2)17-28(40)34(25,32)37)43-31(42-30)21-10-8-20(9-11-21)19-44-23-6-4-3-5-7-23/h3-14,24-25,27-28,30-31,38,40H,15-19H2,1-2H3/t24-,25-,27-,28-,30+,31+,32-,33-,34-,35+/m0/s1. The van der Waals surface area contributed by atoms with Crippen LogP contribution in [-0.2, 0) is 24.8 Å². The maximum atomic E-state index is 17.5. The summed E-state index contributed by atoms with van der Waals surface area (Å²) in [7, 11) is 0.